The molecule has 3 aromatic carbocycles. The maximum atomic E-state index is 13.8. The molecule has 3 rings (SSSR count). The number of benzene rings is 3. The first kappa shape index (κ1) is 28.8. The van der Waals surface area contributed by atoms with E-state index in [9.17, 15) is 22.4 Å². The van der Waals surface area contributed by atoms with Crippen molar-refractivity contribution >= 4 is 27.5 Å². The van der Waals surface area contributed by atoms with Crippen LogP contribution < -0.4 is 9.62 Å². The van der Waals surface area contributed by atoms with Gasteiger partial charge in [0.25, 0.3) is 10.0 Å². The molecule has 7 nitrogen and oxygen atoms in total. The lowest BCUT2D eigenvalue weighted by Gasteiger charge is -2.32. The normalized spacial score (nSPS) is 12.2. The molecular weight excluding hydrogens is 505 g/mol. The van der Waals surface area contributed by atoms with Crippen LogP contribution in [0.2, 0.25) is 0 Å². The van der Waals surface area contributed by atoms with Gasteiger partial charge >= 0.3 is 0 Å². The Kier molecular flexibility index (Phi) is 9.63. The molecule has 202 valence electrons. The van der Waals surface area contributed by atoms with Crippen LogP contribution in [0.25, 0.3) is 0 Å². The average Bonchev–Trinajstić information content (AvgIpc) is 2.89. The van der Waals surface area contributed by atoms with Gasteiger partial charge in [0.1, 0.15) is 18.4 Å². The van der Waals surface area contributed by atoms with Gasteiger partial charge in [0.15, 0.2) is 0 Å². The van der Waals surface area contributed by atoms with Crippen LogP contribution in [-0.4, -0.2) is 44.3 Å². The zero-order valence-corrected chi connectivity index (χ0v) is 22.9. The summed E-state index contributed by atoms with van der Waals surface area (Å²) < 4.78 is 41.9. The lowest BCUT2D eigenvalue weighted by atomic mass is 10.1. The van der Waals surface area contributed by atoms with Gasteiger partial charge in [0.2, 0.25) is 11.8 Å². The van der Waals surface area contributed by atoms with Crippen LogP contribution in [-0.2, 0) is 26.2 Å². The number of hydrogen-bond donors (Lipinski definition) is 1. The number of anilines is 1. The molecule has 0 aromatic heterocycles. The maximum absolute atomic E-state index is 13.8. The molecule has 2 amide bonds. The predicted octanol–water partition coefficient (Wildman–Crippen LogP) is 4.52. The summed E-state index contributed by atoms with van der Waals surface area (Å²) in [6, 6.07) is 19.3. The highest BCUT2D eigenvalue weighted by Crippen LogP contribution is 2.25. The summed E-state index contributed by atoms with van der Waals surface area (Å²) in [7, 11) is -4.18. The van der Waals surface area contributed by atoms with E-state index in [2.05, 4.69) is 5.32 Å². The summed E-state index contributed by atoms with van der Waals surface area (Å²) in [6.07, 6.45) is 0. The Morgan fingerprint density at radius 2 is 1.58 bits per heavy atom. The van der Waals surface area contributed by atoms with Crippen LogP contribution in [0.5, 0.6) is 0 Å². The molecule has 1 atom stereocenters. The van der Waals surface area contributed by atoms with Crippen molar-refractivity contribution in [2.75, 3.05) is 17.4 Å². The van der Waals surface area contributed by atoms with Crippen LogP contribution in [0.1, 0.15) is 31.9 Å². The highest BCUT2D eigenvalue weighted by atomic mass is 32.2. The second-order valence-corrected chi connectivity index (χ2v) is 11.5. The number of amides is 2. The lowest BCUT2D eigenvalue weighted by molar-refractivity contribution is -0.139. The topological polar surface area (TPSA) is 86.8 Å². The van der Waals surface area contributed by atoms with Gasteiger partial charge in [-0.2, -0.15) is 0 Å². The van der Waals surface area contributed by atoms with Crippen molar-refractivity contribution in [3.05, 3.63) is 95.8 Å². The van der Waals surface area contributed by atoms with E-state index in [1.165, 1.54) is 29.2 Å². The number of carbonyl (C=O) groups is 2. The van der Waals surface area contributed by atoms with E-state index < -0.39 is 34.3 Å². The Hall–Kier alpha value is -3.72. The fourth-order valence-electron chi connectivity index (χ4n) is 3.90. The Morgan fingerprint density at radius 3 is 2.18 bits per heavy atom. The monoisotopic (exact) mass is 539 g/mol. The second kappa shape index (κ2) is 12.7. The summed E-state index contributed by atoms with van der Waals surface area (Å²) in [6.45, 7) is 7.47. The minimum atomic E-state index is -4.18. The van der Waals surface area contributed by atoms with Gasteiger partial charge in [-0.1, -0.05) is 61.9 Å². The van der Waals surface area contributed by atoms with Gasteiger partial charge < -0.3 is 10.2 Å². The second-order valence-electron chi connectivity index (χ2n) is 9.63. The van der Waals surface area contributed by atoms with Crippen LogP contribution in [0.4, 0.5) is 10.1 Å². The Morgan fingerprint density at radius 1 is 0.921 bits per heavy atom. The highest BCUT2D eigenvalue weighted by molar-refractivity contribution is 7.92. The van der Waals surface area contributed by atoms with Crippen LogP contribution >= 0.6 is 0 Å². The smallest absolute Gasteiger partial charge is 0.264 e. The third-order valence-corrected chi connectivity index (χ3v) is 7.80. The number of aryl methyl sites for hydroxylation is 1. The minimum Gasteiger partial charge on any atom is -0.354 e. The largest absolute Gasteiger partial charge is 0.354 e. The van der Waals surface area contributed by atoms with E-state index in [1.807, 2.05) is 45.0 Å². The first-order valence-corrected chi connectivity index (χ1v) is 13.9. The number of halogens is 1. The quantitative estimate of drug-likeness (QED) is 0.388. The highest BCUT2D eigenvalue weighted by Gasteiger charge is 2.32. The van der Waals surface area contributed by atoms with Gasteiger partial charge in [0, 0.05) is 13.1 Å². The van der Waals surface area contributed by atoms with Crippen molar-refractivity contribution < 1.29 is 22.4 Å². The molecule has 0 saturated heterocycles. The van der Waals surface area contributed by atoms with Crippen LogP contribution in [0.3, 0.4) is 0 Å². The fourth-order valence-corrected chi connectivity index (χ4v) is 5.33. The molecule has 0 radical (unpaired) electrons. The van der Waals surface area contributed by atoms with Crippen molar-refractivity contribution in [1.82, 2.24) is 10.2 Å². The van der Waals surface area contributed by atoms with Gasteiger partial charge in [-0.25, -0.2) is 12.8 Å². The number of nitrogens with one attached hydrogen (secondary N) is 1. The van der Waals surface area contributed by atoms with E-state index in [0.29, 0.717) is 6.54 Å². The summed E-state index contributed by atoms with van der Waals surface area (Å²) in [4.78, 5) is 28.2. The number of sulfonamides is 1. The maximum Gasteiger partial charge on any atom is 0.264 e. The van der Waals surface area contributed by atoms with E-state index in [1.54, 1.807) is 25.1 Å². The first-order valence-electron chi connectivity index (χ1n) is 12.4. The van der Waals surface area contributed by atoms with Gasteiger partial charge in [0.05, 0.1) is 10.6 Å². The number of hydrogen-bond acceptors (Lipinski definition) is 4. The van der Waals surface area contributed by atoms with Crippen molar-refractivity contribution in [2.24, 2.45) is 5.92 Å². The van der Waals surface area contributed by atoms with E-state index in [0.717, 1.165) is 27.6 Å². The summed E-state index contributed by atoms with van der Waals surface area (Å²) in [5.41, 5.74) is 1.93. The molecule has 0 spiro atoms. The van der Waals surface area contributed by atoms with E-state index in [4.69, 9.17) is 0 Å². The lowest BCUT2D eigenvalue weighted by Crippen LogP contribution is -2.51. The molecule has 0 fully saturated rings. The zero-order valence-electron chi connectivity index (χ0n) is 22.1. The molecule has 0 saturated carbocycles. The SMILES string of the molecule is Cc1cccc(CN(C(=O)CN(c2ccc(F)cc2)S(=O)(=O)c2ccccc2)[C@@H](C)C(=O)NCC(C)C)c1. The van der Waals surface area contributed by atoms with E-state index >= 15 is 0 Å². The van der Waals surface area contributed by atoms with Crippen LogP contribution in [0.15, 0.2) is 83.8 Å². The molecule has 0 aliphatic carbocycles. The van der Waals surface area contributed by atoms with Crippen molar-refractivity contribution in [3.63, 3.8) is 0 Å². The standard InChI is InChI=1S/C29H34FN3O4S/c1-21(2)18-31-29(35)23(4)32(19-24-10-8-9-22(3)17-24)28(34)20-33(26-15-13-25(30)14-16-26)38(36,37)27-11-6-5-7-12-27/h5-17,21,23H,18-20H2,1-4H3,(H,31,35)/t23-/m0/s1. The van der Waals surface area contributed by atoms with Crippen LogP contribution in [0, 0.1) is 18.7 Å². The summed E-state index contributed by atoms with van der Waals surface area (Å²) in [5.74, 6) is -1.22. The Labute approximate surface area is 224 Å². The number of carbonyl (C=O) groups excluding carboxylic acids is 2. The number of rotatable bonds is 11. The number of nitrogens with zero attached hydrogens (tertiary/aromatic N) is 2. The minimum absolute atomic E-state index is 0.00918. The molecule has 1 N–H and O–H groups in total. The average molecular weight is 540 g/mol. The molecule has 0 heterocycles. The van der Waals surface area contributed by atoms with Crippen molar-refractivity contribution in [3.8, 4) is 0 Å². The predicted molar refractivity (Wildman–Crippen MR) is 146 cm³/mol. The molecule has 0 bridgehead atoms. The van der Waals surface area contributed by atoms with Gasteiger partial charge in [-0.3, -0.25) is 13.9 Å². The van der Waals surface area contributed by atoms with Gasteiger partial charge in [-0.15, -0.1) is 0 Å². The molecular formula is C29H34FN3O4S. The summed E-state index contributed by atoms with van der Waals surface area (Å²) in [5, 5.41) is 2.86. The fraction of sp³-hybridized carbons (Fsp3) is 0.310. The molecule has 3 aromatic rings. The third-order valence-electron chi connectivity index (χ3n) is 6.01. The molecule has 0 unspecified atom stereocenters. The summed E-state index contributed by atoms with van der Waals surface area (Å²) >= 11 is 0. The van der Waals surface area contributed by atoms with Crippen molar-refractivity contribution in [2.45, 2.75) is 45.2 Å². The Balaban J connectivity index is 1.99. The third kappa shape index (κ3) is 7.41. The van der Waals surface area contributed by atoms with Crippen molar-refractivity contribution in [1.29, 1.82) is 0 Å². The molecule has 9 heteroatoms. The zero-order chi connectivity index (χ0) is 27.9. The van der Waals surface area contributed by atoms with E-state index in [-0.39, 0.29) is 29.0 Å². The molecule has 0 aliphatic heterocycles. The molecule has 38 heavy (non-hydrogen) atoms. The Bertz CT molecular complexity index is 1350. The first-order chi connectivity index (χ1) is 18.0. The van der Waals surface area contributed by atoms with Gasteiger partial charge in [-0.05, 0) is 61.7 Å². The molecule has 0 aliphatic rings.